The largest absolute Gasteiger partial charge is 4.00 e. The van der Waals surface area contributed by atoms with E-state index in [0.717, 1.165) is 37.3 Å². The van der Waals surface area contributed by atoms with Crippen LogP contribution in [0.5, 0.6) is 0 Å². The molecule has 0 aromatic heterocycles. The predicted molar refractivity (Wildman–Crippen MR) is 108 cm³/mol. The quantitative estimate of drug-likeness (QED) is 0.420. The number of nitrogens with zero attached hydrogens (tertiary/aromatic N) is 2. The van der Waals surface area contributed by atoms with Gasteiger partial charge in [0.1, 0.15) is 0 Å². The maximum Gasteiger partial charge on any atom is 4.00 e. The first-order chi connectivity index (χ1) is 11.5. The van der Waals surface area contributed by atoms with Crippen LogP contribution in [0.2, 0.25) is 0 Å². The van der Waals surface area contributed by atoms with Crippen molar-refractivity contribution in [2.24, 2.45) is 0 Å². The van der Waals surface area contributed by atoms with Crippen LogP contribution in [0.15, 0.2) is 36.4 Å². The zero-order valence-corrected chi connectivity index (χ0v) is 24.2. The van der Waals surface area contributed by atoms with Crippen molar-refractivity contribution in [3.05, 3.63) is 69.3 Å². The van der Waals surface area contributed by atoms with Crippen LogP contribution < -0.4 is 34.0 Å². The van der Waals surface area contributed by atoms with Crippen molar-refractivity contribution in [1.82, 2.24) is 0 Å². The van der Waals surface area contributed by atoms with E-state index in [-0.39, 0.29) is 59.8 Å². The molecule has 0 heterocycles. The molecule has 2 aromatic carbocycles. The molecule has 148 valence electrons. The number of halogens is 2. The van der Waals surface area contributed by atoms with Gasteiger partial charge in [0.2, 0.25) is 0 Å². The van der Waals surface area contributed by atoms with Crippen molar-refractivity contribution in [2.75, 3.05) is 13.1 Å². The van der Waals surface area contributed by atoms with Gasteiger partial charge in [-0.05, 0) is 38.8 Å². The molecule has 0 unspecified atom stereocenters. The minimum atomic E-state index is 0. The van der Waals surface area contributed by atoms with E-state index in [1.54, 1.807) is 0 Å². The third kappa shape index (κ3) is 11.5. The second-order valence-corrected chi connectivity index (χ2v) is 6.20. The third-order valence-corrected chi connectivity index (χ3v) is 4.16. The average Bonchev–Trinajstić information content (AvgIpc) is 2.58. The molecule has 0 spiro atoms. The van der Waals surface area contributed by atoms with Crippen LogP contribution >= 0.6 is 0 Å². The van der Waals surface area contributed by atoms with Gasteiger partial charge in [-0.1, -0.05) is 74.2 Å². The van der Waals surface area contributed by atoms with Crippen molar-refractivity contribution in [1.29, 1.82) is 0 Å². The summed E-state index contributed by atoms with van der Waals surface area (Å²) in [6.07, 6.45) is 2.24. The molecule has 0 N–H and O–H groups in total. The molecule has 2 aromatic rings. The van der Waals surface area contributed by atoms with E-state index in [2.05, 4.69) is 88.6 Å². The summed E-state index contributed by atoms with van der Waals surface area (Å²) in [5.74, 6) is 0. The molecule has 2 rings (SSSR count). The van der Waals surface area contributed by atoms with E-state index < -0.39 is 0 Å². The molecule has 27 heavy (non-hydrogen) atoms. The average molecular weight is 663 g/mol. The van der Waals surface area contributed by atoms with Gasteiger partial charge in [-0.2, -0.15) is 0 Å². The molecule has 0 bridgehead atoms. The van der Waals surface area contributed by atoms with Gasteiger partial charge < -0.3 is 44.6 Å². The zero-order chi connectivity index (χ0) is 17.9. The summed E-state index contributed by atoms with van der Waals surface area (Å²) in [6, 6.07) is 12.5. The summed E-state index contributed by atoms with van der Waals surface area (Å²) in [7, 11) is 0. The van der Waals surface area contributed by atoms with Crippen LogP contribution in [0.25, 0.3) is 10.6 Å². The second kappa shape index (κ2) is 17.9. The van der Waals surface area contributed by atoms with Gasteiger partial charge in [0.05, 0.1) is 0 Å². The topological polar surface area (TPSA) is 28.2 Å². The van der Waals surface area contributed by atoms with Crippen LogP contribution in [-0.4, -0.2) is 13.1 Å². The first-order valence-electron chi connectivity index (χ1n) is 8.98. The Kier molecular flexibility index (Phi) is 21.0. The molecule has 0 radical (unpaired) electrons. The summed E-state index contributed by atoms with van der Waals surface area (Å²) in [5.41, 5.74) is 7.57. The Labute approximate surface area is 206 Å². The number of benzene rings is 2. The molecule has 0 atom stereocenters. The Morgan fingerprint density at radius 2 is 0.963 bits per heavy atom. The van der Waals surface area contributed by atoms with Crippen LogP contribution in [-0.2, 0) is 25.8 Å². The fourth-order valence-electron chi connectivity index (χ4n) is 2.28. The summed E-state index contributed by atoms with van der Waals surface area (Å²) < 4.78 is 0. The first kappa shape index (κ1) is 31.6. The molecule has 2 nitrogen and oxygen atoms in total. The van der Waals surface area contributed by atoms with Gasteiger partial charge in [-0.25, -0.2) is 0 Å². The Balaban J connectivity index is -0.000000384. The molecule has 0 fully saturated rings. The van der Waals surface area contributed by atoms with Gasteiger partial charge in [0, 0.05) is 0 Å². The molecule has 0 aliphatic heterocycles. The number of hydrogen-bond donors (Lipinski definition) is 0. The number of aryl methyl sites for hydroxylation is 2. The van der Waals surface area contributed by atoms with Gasteiger partial charge >= 0.3 is 25.8 Å². The van der Waals surface area contributed by atoms with Gasteiger partial charge in [0.15, 0.2) is 0 Å². The van der Waals surface area contributed by atoms with E-state index >= 15 is 0 Å². The molecule has 0 saturated carbocycles. The molecule has 5 heteroatoms. The number of rotatable bonds is 6. The summed E-state index contributed by atoms with van der Waals surface area (Å²) in [5, 5.41) is 8.97. The summed E-state index contributed by atoms with van der Waals surface area (Å²) in [6.45, 7) is 14.7. The van der Waals surface area contributed by atoms with Crippen LogP contribution in [0.4, 0.5) is 11.4 Å². The fraction of sp³-hybridized carbons (Fsp3) is 0.455. The van der Waals surface area contributed by atoms with Crippen molar-refractivity contribution in [3.8, 4) is 0 Å². The van der Waals surface area contributed by atoms with Gasteiger partial charge in [-0.3, -0.25) is 0 Å². The van der Waals surface area contributed by atoms with E-state index in [1.807, 2.05) is 0 Å². The Morgan fingerprint density at radius 1 is 0.630 bits per heavy atom. The van der Waals surface area contributed by atoms with E-state index in [4.69, 9.17) is 0 Å². The Hall–Kier alpha value is -0.130. The standard InChI is InChI=1S/2C11H16N.2BrH.Hf/c2*1-4-8-12-11-7-5-6-9(2)10(11)3;;;/h2*5-7H,4,8H2,1-3H3;2*1H;/q2*-1;;;+4/p-2. The minimum Gasteiger partial charge on any atom is -1.00 e. The molecule has 0 aliphatic carbocycles. The monoisotopic (exact) mass is 662 g/mol. The maximum atomic E-state index is 4.49. The third-order valence-electron chi connectivity index (χ3n) is 4.16. The Morgan fingerprint density at radius 3 is 1.26 bits per heavy atom. The predicted octanol–water partition coefficient (Wildman–Crippen LogP) is 1.44. The van der Waals surface area contributed by atoms with Gasteiger partial charge in [0.25, 0.3) is 0 Å². The van der Waals surface area contributed by atoms with Gasteiger partial charge in [-0.15, -0.1) is 24.5 Å². The van der Waals surface area contributed by atoms with Crippen molar-refractivity contribution in [3.63, 3.8) is 0 Å². The molecule has 0 aliphatic rings. The molecule has 0 amide bonds. The summed E-state index contributed by atoms with van der Waals surface area (Å²) >= 11 is 0. The van der Waals surface area contributed by atoms with Crippen LogP contribution in [0.1, 0.15) is 48.9 Å². The maximum absolute atomic E-state index is 4.49. The molecular formula is C22H32Br2HfN2. The van der Waals surface area contributed by atoms with E-state index in [0.29, 0.717) is 0 Å². The second-order valence-electron chi connectivity index (χ2n) is 6.20. The first-order valence-corrected chi connectivity index (χ1v) is 8.98. The smallest absolute Gasteiger partial charge is 1.00 e. The van der Waals surface area contributed by atoms with E-state index in [9.17, 15) is 0 Å². The number of hydrogen-bond acceptors (Lipinski definition) is 0. The zero-order valence-electron chi connectivity index (χ0n) is 17.4. The SMILES string of the molecule is CCC[N-]c1cccc(C)c1C.CCC[N-]c1cccc(C)c1C.[Br-].[Br-].[Hf+4]. The van der Waals surface area contributed by atoms with Crippen molar-refractivity contribution < 1.29 is 59.8 Å². The molecular weight excluding hydrogens is 631 g/mol. The minimum absolute atomic E-state index is 0. The van der Waals surface area contributed by atoms with Crippen LogP contribution in [0.3, 0.4) is 0 Å². The van der Waals surface area contributed by atoms with Crippen molar-refractivity contribution >= 4 is 11.4 Å². The Bertz CT molecular complexity index is 578. The fourth-order valence-corrected chi connectivity index (χ4v) is 2.28. The van der Waals surface area contributed by atoms with E-state index in [1.165, 1.54) is 22.3 Å². The summed E-state index contributed by atoms with van der Waals surface area (Å²) in [4.78, 5) is 0. The van der Waals surface area contributed by atoms with Crippen LogP contribution in [0, 0.1) is 27.7 Å². The molecule has 0 saturated heterocycles. The van der Waals surface area contributed by atoms with Crippen molar-refractivity contribution in [2.45, 2.75) is 54.4 Å². The normalized spacial score (nSPS) is 8.81.